The van der Waals surface area contributed by atoms with Gasteiger partial charge in [0.05, 0.1) is 12.1 Å². The summed E-state index contributed by atoms with van der Waals surface area (Å²) in [6.07, 6.45) is 4.48. The van der Waals surface area contributed by atoms with Gasteiger partial charge < -0.3 is 14.7 Å². The Kier molecular flexibility index (Phi) is 6.89. The first-order valence-corrected chi connectivity index (χ1v) is 11.1. The van der Waals surface area contributed by atoms with Crippen molar-refractivity contribution < 1.29 is 14.6 Å². The number of piperazine rings is 1. The van der Waals surface area contributed by atoms with Gasteiger partial charge in [-0.2, -0.15) is 5.10 Å². The molecule has 1 aromatic carbocycles. The van der Waals surface area contributed by atoms with E-state index in [1.807, 2.05) is 34.0 Å². The zero-order valence-electron chi connectivity index (χ0n) is 18.3. The standard InChI is InChI=1S/C23H33N5O3/c1-20(29)27-13-11-25(12-14-27)18-23(30)7-10-26(19-23)17-21-3-5-22(6-4-21)31-16-15-28-9-2-8-24-28/h2-6,8-9,30H,7,10-19H2,1H3/t23-/m1/s1. The highest BCUT2D eigenvalue weighted by molar-refractivity contribution is 5.73. The molecule has 0 spiro atoms. The van der Waals surface area contributed by atoms with Gasteiger partial charge in [-0.1, -0.05) is 12.1 Å². The molecule has 3 heterocycles. The molecule has 2 aliphatic heterocycles. The summed E-state index contributed by atoms with van der Waals surface area (Å²) < 4.78 is 7.65. The summed E-state index contributed by atoms with van der Waals surface area (Å²) in [6.45, 7) is 9.20. The fourth-order valence-corrected chi connectivity index (χ4v) is 4.48. The van der Waals surface area contributed by atoms with Gasteiger partial charge in [0, 0.05) is 71.7 Å². The monoisotopic (exact) mass is 427 g/mol. The Bertz CT molecular complexity index is 833. The number of amides is 1. The predicted octanol–water partition coefficient (Wildman–Crippen LogP) is 1.06. The number of hydrogen-bond acceptors (Lipinski definition) is 6. The van der Waals surface area contributed by atoms with Crippen LogP contribution in [0.2, 0.25) is 0 Å². The molecule has 4 rings (SSSR count). The van der Waals surface area contributed by atoms with E-state index in [0.29, 0.717) is 19.7 Å². The van der Waals surface area contributed by atoms with Crippen molar-refractivity contribution in [1.29, 1.82) is 0 Å². The second-order valence-electron chi connectivity index (χ2n) is 8.73. The van der Waals surface area contributed by atoms with Gasteiger partial charge in [0.2, 0.25) is 5.91 Å². The van der Waals surface area contributed by atoms with Crippen molar-refractivity contribution in [3.8, 4) is 5.75 Å². The van der Waals surface area contributed by atoms with Gasteiger partial charge in [0.15, 0.2) is 0 Å². The van der Waals surface area contributed by atoms with Gasteiger partial charge in [-0.15, -0.1) is 0 Å². The summed E-state index contributed by atoms with van der Waals surface area (Å²) >= 11 is 0. The smallest absolute Gasteiger partial charge is 0.219 e. The van der Waals surface area contributed by atoms with Crippen molar-refractivity contribution in [2.45, 2.75) is 32.0 Å². The fraction of sp³-hybridized carbons (Fsp3) is 0.565. The Morgan fingerprint density at radius 1 is 1.13 bits per heavy atom. The van der Waals surface area contributed by atoms with Crippen LogP contribution < -0.4 is 4.74 Å². The second-order valence-corrected chi connectivity index (χ2v) is 8.73. The first kappa shape index (κ1) is 21.8. The molecule has 1 atom stereocenters. The lowest BCUT2D eigenvalue weighted by Crippen LogP contribution is -2.53. The zero-order chi connectivity index (χ0) is 21.7. The number of β-amino-alcohol motifs (C(OH)–C–C–N with tert-alkyl or cyclic N) is 1. The van der Waals surface area contributed by atoms with Crippen LogP contribution in [0.25, 0.3) is 0 Å². The lowest BCUT2D eigenvalue weighted by Gasteiger charge is -2.38. The summed E-state index contributed by atoms with van der Waals surface area (Å²) in [5.74, 6) is 0.998. The number of carbonyl (C=O) groups excluding carboxylic acids is 1. The van der Waals surface area contributed by atoms with E-state index in [4.69, 9.17) is 4.74 Å². The third-order valence-electron chi connectivity index (χ3n) is 6.22. The largest absolute Gasteiger partial charge is 0.492 e. The number of ether oxygens (including phenoxy) is 1. The van der Waals surface area contributed by atoms with E-state index >= 15 is 0 Å². The van der Waals surface area contributed by atoms with Crippen LogP contribution in [0.3, 0.4) is 0 Å². The van der Waals surface area contributed by atoms with Crippen molar-refractivity contribution in [3.63, 3.8) is 0 Å². The normalized spacial score (nSPS) is 22.7. The highest BCUT2D eigenvalue weighted by Gasteiger charge is 2.38. The minimum atomic E-state index is -0.673. The lowest BCUT2D eigenvalue weighted by molar-refractivity contribution is -0.130. The summed E-state index contributed by atoms with van der Waals surface area (Å²) in [7, 11) is 0. The maximum atomic E-state index is 11.5. The second kappa shape index (κ2) is 9.80. The number of aliphatic hydroxyl groups is 1. The van der Waals surface area contributed by atoms with Gasteiger partial charge in [-0.3, -0.25) is 19.3 Å². The van der Waals surface area contributed by atoms with Crippen LogP contribution in [0.1, 0.15) is 18.9 Å². The third-order valence-corrected chi connectivity index (χ3v) is 6.22. The van der Waals surface area contributed by atoms with Gasteiger partial charge >= 0.3 is 0 Å². The van der Waals surface area contributed by atoms with E-state index in [0.717, 1.165) is 58.0 Å². The fourth-order valence-electron chi connectivity index (χ4n) is 4.48. The molecule has 31 heavy (non-hydrogen) atoms. The molecular formula is C23H33N5O3. The van der Waals surface area contributed by atoms with Crippen LogP contribution in [-0.4, -0.2) is 93.5 Å². The van der Waals surface area contributed by atoms with Crippen molar-refractivity contribution in [1.82, 2.24) is 24.5 Å². The summed E-state index contributed by atoms with van der Waals surface area (Å²) in [6, 6.07) is 10.1. The number of carbonyl (C=O) groups is 1. The number of benzene rings is 1. The predicted molar refractivity (Wildman–Crippen MR) is 118 cm³/mol. The van der Waals surface area contributed by atoms with Gasteiger partial charge in [0.25, 0.3) is 0 Å². The van der Waals surface area contributed by atoms with E-state index in [1.165, 1.54) is 5.56 Å². The van der Waals surface area contributed by atoms with Crippen LogP contribution in [0, 0.1) is 0 Å². The molecule has 0 saturated carbocycles. The molecule has 2 saturated heterocycles. The molecule has 2 aliphatic rings. The molecule has 0 radical (unpaired) electrons. The number of aromatic nitrogens is 2. The van der Waals surface area contributed by atoms with Gasteiger partial charge in [-0.05, 0) is 30.2 Å². The summed E-state index contributed by atoms with van der Waals surface area (Å²) in [4.78, 5) is 18.0. The number of nitrogens with zero attached hydrogens (tertiary/aromatic N) is 5. The van der Waals surface area contributed by atoms with Crippen molar-refractivity contribution >= 4 is 5.91 Å². The topological polar surface area (TPSA) is 74.1 Å². The average Bonchev–Trinajstić information content (AvgIpc) is 3.40. The summed E-state index contributed by atoms with van der Waals surface area (Å²) in [5.41, 5.74) is 0.548. The highest BCUT2D eigenvalue weighted by Crippen LogP contribution is 2.25. The van der Waals surface area contributed by atoms with Crippen LogP contribution in [0.5, 0.6) is 5.75 Å². The van der Waals surface area contributed by atoms with Crippen molar-refractivity contribution in [3.05, 3.63) is 48.3 Å². The molecule has 0 bridgehead atoms. The zero-order valence-corrected chi connectivity index (χ0v) is 18.3. The van der Waals surface area contributed by atoms with Crippen LogP contribution in [-0.2, 0) is 17.9 Å². The first-order chi connectivity index (χ1) is 15.0. The number of hydrogen-bond donors (Lipinski definition) is 1. The molecule has 2 fully saturated rings. The first-order valence-electron chi connectivity index (χ1n) is 11.1. The molecular weight excluding hydrogens is 394 g/mol. The maximum Gasteiger partial charge on any atom is 0.219 e. The Morgan fingerprint density at radius 2 is 1.90 bits per heavy atom. The lowest BCUT2D eigenvalue weighted by atomic mass is 10.0. The van der Waals surface area contributed by atoms with E-state index < -0.39 is 5.60 Å². The van der Waals surface area contributed by atoms with Crippen molar-refractivity contribution in [2.24, 2.45) is 0 Å². The molecule has 1 N–H and O–H groups in total. The number of rotatable bonds is 8. The minimum absolute atomic E-state index is 0.139. The minimum Gasteiger partial charge on any atom is -0.492 e. The molecule has 0 aliphatic carbocycles. The summed E-state index contributed by atoms with van der Waals surface area (Å²) in [5, 5.41) is 15.3. The Hall–Kier alpha value is -2.42. The van der Waals surface area contributed by atoms with Crippen LogP contribution in [0.15, 0.2) is 42.7 Å². The molecule has 168 valence electrons. The van der Waals surface area contributed by atoms with E-state index in [1.54, 1.807) is 13.1 Å². The molecule has 8 nitrogen and oxygen atoms in total. The number of likely N-dealkylation sites (tertiary alicyclic amines) is 1. The third kappa shape index (κ3) is 6.06. The Morgan fingerprint density at radius 3 is 2.58 bits per heavy atom. The highest BCUT2D eigenvalue weighted by atomic mass is 16.5. The molecule has 8 heteroatoms. The molecule has 2 aromatic rings. The molecule has 1 aromatic heterocycles. The molecule has 0 unspecified atom stereocenters. The van der Waals surface area contributed by atoms with Crippen molar-refractivity contribution in [2.75, 3.05) is 52.4 Å². The van der Waals surface area contributed by atoms with Crippen LogP contribution in [0.4, 0.5) is 0 Å². The van der Waals surface area contributed by atoms with Gasteiger partial charge in [-0.25, -0.2) is 0 Å². The Balaban J connectivity index is 1.20. The Labute approximate surface area is 184 Å². The van der Waals surface area contributed by atoms with Gasteiger partial charge in [0.1, 0.15) is 12.4 Å². The molecule has 1 amide bonds. The van der Waals surface area contributed by atoms with E-state index in [2.05, 4.69) is 27.0 Å². The van der Waals surface area contributed by atoms with E-state index in [-0.39, 0.29) is 5.91 Å². The van der Waals surface area contributed by atoms with E-state index in [9.17, 15) is 9.90 Å². The SMILES string of the molecule is CC(=O)N1CCN(C[C@]2(O)CCN(Cc3ccc(OCCn4cccn4)cc3)C2)CC1. The quantitative estimate of drug-likeness (QED) is 0.679. The van der Waals surface area contributed by atoms with Crippen LogP contribution >= 0.6 is 0 Å². The maximum absolute atomic E-state index is 11.5. The average molecular weight is 428 g/mol.